The van der Waals surface area contributed by atoms with Crippen LogP contribution in [-0.2, 0) is 11.3 Å². The first-order valence-electron chi connectivity index (χ1n) is 6.68. The molecular formula is C14H16Cl2N4OS. The summed E-state index contributed by atoms with van der Waals surface area (Å²) in [7, 11) is 0. The lowest BCUT2D eigenvalue weighted by Gasteiger charge is -2.13. The van der Waals surface area contributed by atoms with E-state index in [1.165, 1.54) is 11.8 Å². The Morgan fingerprint density at radius 3 is 2.68 bits per heavy atom. The molecule has 8 heteroatoms. The molecule has 0 aliphatic rings. The van der Waals surface area contributed by atoms with E-state index in [1.807, 2.05) is 10.6 Å². The van der Waals surface area contributed by atoms with Crippen LogP contribution in [-0.4, -0.2) is 26.4 Å². The second-order valence-electron chi connectivity index (χ2n) is 5.19. The van der Waals surface area contributed by atoms with E-state index >= 15 is 0 Å². The number of nitrogens with zero attached hydrogens (tertiary/aromatic N) is 3. The lowest BCUT2D eigenvalue weighted by atomic mass is 10.2. The molecule has 1 amide bonds. The number of primary amides is 1. The molecule has 0 saturated carbocycles. The summed E-state index contributed by atoms with van der Waals surface area (Å²) in [5.41, 5.74) is 5.95. The van der Waals surface area contributed by atoms with E-state index in [1.54, 1.807) is 12.1 Å². The molecular weight excluding hydrogens is 343 g/mol. The fourth-order valence-corrected chi connectivity index (χ4v) is 3.11. The highest BCUT2D eigenvalue weighted by Crippen LogP contribution is 2.31. The van der Waals surface area contributed by atoms with Gasteiger partial charge < -0.3 is 10.3 Å². The smallest absolute Gasteiger partial charge is 0.227 e. The van der Waals surface area contributed by atoms with Crippen molar-refractivity contribution < 1.29 is 4.79 Å². The maximum absolute atomic E-state index is 11.0. The Morgan fingerprint density at radius 1 is 1.36 bits per heavy atom. The predicted molar refractivity (Wildman–Crippen MR) is 90.2 cm³/mol. The van der Waals surface area contributed by atoms with Gasteiger partial charge in [0, 0.05) is 17.1 Å². The van der Waals surface area contributed by atoms with Crippen LogP contribution in [0.4, 0.5) is 0 Å². The van der Waals surface area contributed by atoms with Crippen LogP contribution in [0.3, 0.4) is 0 Å². The van der Waals surface area contributed by atoms with Crippen LogP contribution >= 0.6 is 35.0 Å². The first-order chi connectivity index (χ1) is 10.4. The van der Waals surface area contributed by atoms with Crippen LogP contribution in [0.1, 0.15) is 13.8 Å². The first kappa shape index (κ1) is 17.1. The Hall–Kier alpha value is -1.24. The summed E-state index contributed by atoms with van der Waals surface area (Å²) in [4.78, 5) is 11.0. The summed E-state index contributed by atoms with van der Waals surface area (Å²) >= 11 is 13.5. The zero-order valence-corrected chi connectivity index (χ0v) is 14.5. The van der Waals surface area contributed by atoms with Gasteiger partial charge in [0.25, 0.3) is 0 Å². The van der Waals surface area contributed by atoms with Crippen LogP contribution in [0.5, 0.6) is 0 Å². The maximum atomic E-state index is 11.0. The van der Waals surface area contributed by atoms with Crippen molar-refractivity contribution in [1.82, 2.24) is 14.8 Å². The van der Waals surface area contributed by atoms with E-state index in [9.17, 15) is 4.79 Å². The molecule has 22 heavy (non-hydrogen) atoms. The van der Waals surface area contributed by atoms with Crippen molar-refractivity contribution in [3.05, 3.63) is 28.2 Å². The summed E-state index contributed by atoms with van der Waals surface area (Å²) in [5, 5.41) is 10.1. The van der Waals surface area contributed by atoms with Gasteiger partial charge in [-0.1, -0.05) is 48.8 Å². The Bertz CT molecular complexity index is 687. The van der Waals surface area contributed by atoms with Crippen molar-refractivity contribution in [2.45, 2.75) is 25.5 Å². The number of carbonyl (C=O) groups is 1. The zero-order chi connectivity index (χ0) is 16.3. The number of nitrogens with two attached hydrogens (primary N) is 1. The molecule has 1 heterocycles. The second-order valence-corrected chi connectivity index (χ2v) is 6.98. The van der Waals surface area contributed by atoms with Gasteiger partial charge in [-0.15, -0.1) is 10.2 Å². The highest BCUT2D eigenvalue weighted by atomic mass is 35.5. The van der Waals surface area contributed by atoms with Crippen LogP contribution in [0.15, 0.2) is 23.4 Å². The summed E-state index contributed by atoms with van der Waals surface area (Å²) in [6, 6.07) is 5.24. The van der Waals surface area contributed by atoms with E-state index < -0.39 is 5.91 Å². The van der Waals surface area contributed by atoms with E-state index in [2.05, 4.69) is 24.0 Å². The molecule has 118 valence electrons. The normalized spacial score (nSPS) is 11.1. The fourth-order valence-electron chi connectivity index (χ4n) is 1.93. The quantitative estimate of drug-likeness (QED) is 0.802. The minimum Gasteiger partial charge on any atom is -0.369 e. The molecule has 0 spiro atoms. The van der Waals surface area contributed by atoms with Gasteiger partial charge in [0.1, 0.15) is 0 Å². The molecule has 0 radical (unpaired) electrons. The number of aromatic nitrogens is 3. The Balaban J connectivity index is 2.43. The molecule has 0 saturated heterocycles. The molecule has 5 nitrogen and oxygen atoms in total. The molecule has 0 fully saturated rings. The number of halogens is 2. The van der Waals surface area contributed by atoms with Gasteiger partial charge in [-0.25, -0.2) is 0 Å². The third-order valence-corrected chi connectivity index (χ3v) is 4.32. The molecule has 2 rings (SSSR count). The van der Waals surface area contributed by atoms with Crippen molar-refractivity contribution in [2.24, 2.45) is 11.7 Å². The van der Waals surface area contributed by atoms with Crippen molar-refractivity contribution in [3.8, 4) is 11.4 Å². The number of thioether (sulfide) groups is 1. The topological polar surface area (TPSA) is 73.8 Å². The molecule has 2 N–H and O–H groups in total. The first-order valence-corrected chi connectivity index (χ1v) is 8.42. The maximum Gasteiger partial charge on any atom is 0.227 e. The van der Waals surface area contributed by atoms with E-state index in [0.717, 1.165) is 5.56 Å². The summed E-state index contributed by atoms with van der Waals surface area (Å²) < 4.78 is 1.95. The van der Waals surface area contributed by atoms with Crippen LogP contribution in [0, 0.1) is 5.92 Å². The van der Waals surface area contributed by atoms with Crippen molar-refractivity contribution >= 4 is 40.9 Å². The monoisotopic (exact) mass is 358 g/mol. The summed E-state index contributed by atoms with van der Waals surface area (Å²) in [6.45, 7) is 4.90. The molecule has 0 aliphatic heterocycles. The number of benzene rings is 1. The third kappa shape index (κ3) is 4.15. The molecule has 0 aliphatic carbocycles. The highest BCUT2D eigenvalue weighted by Gasteiger charge is 2.18. The lowest BCUT2D eigenvalue weighted by Crippen LogP contribution is -2.14. The van der Waals surface area contributed by atoms with Crippen LogP contribution < -0.4 is 5.73 Å². The van der Waals surface area contributed by atoms with Crippen molar-refractivity contribution in [1.29, 1.82) is 0 Å². The zero-order valence-electron chi connectivity index (χ0n) is 12.2. The van der Waals surface area contributed by atoms with E-state index in [0.29, 0.717) is 33.5 Å². The number of amides is 1. The summed E-state index contributed by atoms with van der Waals surface area (Å²) in [5.74, 6) is 0.802. The standard InChI is InChI=1S/C14H16Cl2N4OS/c1-8(2)6-20-13(10-4-3-9(15)5-11(10)16)18-19-14(20)22-7-12(17)21/h3-5,8H,6-7H2,1-2H3,(H2,17,21). The van der Waals surface area contributed by atoms with Crippen molar-refractivity contribution in [3.63, 3.8) is 0 Å². The van der Waals surface area contributed by atoms with Crippen LogP contribution in [0.2, 0.25) is 10.0 Å². The van der Waals surface area contributed by atoms with E-state index in [4.69, 9.17) is 28.9 Å². The number of rotatable bonds is 6. The number of carbonyl (C=O) groups excluding carboxylic acids is 1. The Labute approximate surface area is 143 Å². The molecule has 0 bridgehead atoms. The molecule has 1 aromatic carbocycles. The minimum atomic E-state index is -0.393. The van der Waals surface area contributed by atoms with Gasteiger partial charge in [-0.2, -0.15) is 0 Å². The minimum absolute atomic E-state index is 0.157. The SMILES string of the molecule is CC(C)Cn1c(SCC(N)=O)nnc1-c1ccc(Cl)cc1Cl. The third-order valence-electron chi connectivity index (χ3n) is 2.78. The Morgan fingerprint density at radius 2 is 2.09 bits per heavy atom. The van der Waals surface area contributed by atoms with Gasteiger partial charge in [0.05, 0.1) is 10.8 Å². The van der Waals surface area contributed by atoms with Gasteiger partial charge >= 0.3 is 0 Å². The average molecular weight is 359 g/mol. The molecule has 1 aromatic heterocycles. The lowest BCUT2D eigenvalue weighted by molar-refractivity contribution is -0.115. The van der Waals surface area contributed by atoms with Crippen LogP contribution in [0.25, 0.3) is 11.4 Å². The largest absolute Gasteiger partial charge is 0.369 e. The van der Waals surface area contributed by atoms with Gasteiger partial charge in [-0.05, 0) is 24.1 Å². The second kappa shape index (κ2) is 7.35. The van der Waals surface area contributed by atoms with Crippen molar-refractivity contribution in [2.75, 3.05) is 5.75 Å². The predicted octanol–water partition coefficient (Wildman–Crippen LogP) is 3.49. The average Bonchev–Trinajstić information content (AvgIpc) is 2.78. The molecule has 0 unspecified atom stereocenters. The Kier molecular flexibility index (Phi) is 5.72. The van der Waals surface area contributed by atoms with E-state index in [-0.39, 0.29) is 5.75 Å². The van der Waals surface area contributed by atoms with Gasteiger partial charge in [0.15, 0.2) is 11.0 Å². The van der Waals surface area contributed by atoms with Gasteiger partial charge in [-0.3, -0.25) is 4.79 Å². The highest BCUT2D eigenvalue weighted by molar-refractivity contribution is 7.99. The number of hydrogen-bond acceptors (Lipinski definition) is 4. The van der Waals surface area contributed by atoms with Gasteiger partial charge in [0.2, 0.25) is 5.91 Å². The fraction of sp³-hybridized carbons (Fsp3) is 0.357. The number of hydrogen-bond donors (Lipinski definition) is 1. The molecule has 0 atom stereocenters. The summed E-state index contributed by atoms with van der Waals surface area (Å²) in [6.07, 6.45) is 0. The molecule has 2 aromatic rings.